The molecule has 2 nitrogen and oxygen atoms in total. The monoisotopic (exact) mass is 277 g/mol. The van der Waals surface area contributed by atoms with Gasteiger partial charge in [0.1, 0.15) is 12.4 Å². The summed E-state index contributed by atoms with van der Waals surface area (Å²) in [6.45, 7) is 2.79. The number of aryl methyl sites for hydroxylation is 1. The van der Waals surface area contributed by atoms with Crippen molar-refractivity contribution >= 4 is 10.9 Å². The van der Waals surface area contributed by atoms with E-state index in [1.165, 1.54) is 16.5 Å². The molecule has 0 saturated carbocycles. The zero-order valence-electron chi connectivity index (χ0n) is 12.3. The third kappa shape index (κ3) is 3.05. The molecule has 0 bridgehead atoms. The van der Waals surface area contributed by atoms with Crippen LogP contribution in [0, 0.1) is 0 Å². The van der Waals surface area contributed by atoms with E-state index in [-0.39, 0.29) is 0 Å². The maximum atomic E-state index is 6.06. The van der Waals surface area contributed by atoms with Crippen LogP contribution >= 0.6 is 0 Å². The Morgan fingerprint density at radius 2 is 1.81 bits per heavy atom. The molecule has 106 valence electrons. The maximum absolute atomic E-state index is 6.06. The lowest BCUT2D eigenvalue weighted by atomic mass is 10.0. The minimum absolute atomic E-state index is 0.601. The van der Waals surface area contributed by atoms with Crippen LogP contribution in [0.25, 0.3) is 10.9 Å². The molecule has 0 aliphatic carbocycles. The van der Waals surface area contributed by atoms with Gasteiger partial charge in [0.25, 0.3) is 0 Å². The fourth-order valence-electron chi connectivity index (χ4n) is 2.57. The molecule has 3 rings (SSSR count). The van der Waals surface area contributed by atoms with E-state index in [0.717, 1.165) is 24.1 Å². The van der Waals surface area contributed by atoms with Crippen LogP contribution in [0.15, 0.2) is 60.8 Å². The van der Waals surface area contributed by atoms with Crippen LogP contribution in [0.5, 0.6) is 5.75 Å². The molecule has 0 radical (unpaired) electrons. The summed E-state index contributed by atoms with van der Waals surface area (Å²) in [6, 6.07) is 18.5. The van der Waals surface area contributed by atoms with Gasteiger partial charge in [0.15, 0.2) is 0 Å². The van der Waals surface area contributed by atoms with Crippen LogP contribution in [-0.4, -0.2) is 4.98 Å². The second kappa shape index (κ2) is 6.40. The van der Waals surface area contributed by atoms with Crippen LogP contribution in [0.4, 0.5) is 0 Å². The normalized spacial score (nSPS) is 10.7. The highest BCUT2D eigenvalue weighted by molar-refractivity contribution is 5.84. The number of fused-ring (bicyclic) bond motifs is 1. The van der Waals surface area contributed by atoms with Gasteiger partial charge in [-0.3, -0.25) is 4.98 Å². The van der Waals surface area contributed by atoms with E-state index in [4.69, 9.17) is 4.74 Å². The Bertz CT molecular complexity index is 722. The number of benzene rings is 2. The highest BCUT2D eigenvalue weighted by atomic mass is 16.5. The van der Waals surface area contributed by atoms with E-state index in [1.807, 2.05) is 42.6 Å². The van der Waals surface area contributed by atoms with Crippen molar-refractivity contribution in [3.8, 4) is 5.75 Å². The van der Waals surface area contributed by atoms with Gasteiger partial charge < -0.3 is 4.74 Å². The van der Waals surface area contributed by atoms with Crippen molar-refractivity contribution in [2.24, 2.45) is 0 Å². The van der Waals surface area contributed by atoms with Crippen LogP contribution in [0.1, 0.15) is 24.5 Å². The molecule has 0 unspecified atom stereocenters. The van der Waals surface area contributed by atoms with Crippen molar-refractivity contribution in [1.82, 2.24) is 4.98 Å². The number of rotatable bonds is 5. The summed E-state index contributed by atoms with van der Waals surface area (Å²) in [5.41, 5.74) is 3.48. The molecule has 1 aromatic heterocycles. The number of ether oxygens (including phenoxy) is 1. The summed E-state index contributed by atoms with van der Waals surface area (Å²) < 4.78 is 6.06. The van der Waals surface area contributed by atoms with Crippen molar-refractivity contribution in [3.05, 3.63) is 71.9 Å². The summed E-state index contributed by atoms with van der Waals surface area (Å²) in [7, 11) is 0. The Balaban J connectivity index is 1.92. The molecule has 1 heterocycles. The fraction of sp³-hybridized carbons (Fsp3) is 0.211. The summed E-state index contributed by atoms with van der Waals surface area (Å²) in [6.07, 6.45) is 3.94. The lowest BCUT2D eigenvalue weighted by Gasteiger charge is -2.13. The molecule has 0 saturated heterocycles. The number of hydrogen-bond acceptors (Lipinski definition) is 2. The maximum Gasteiger partial charge on any atom is 0.123 e. The SMILES string of the molecule is CCCc1c(OCc2ccccc2)ccc2ncccc12. The van der Waals surface area contributed by atoms with Crippen molar-refractivity contribution < 1.29 is 4.74 Å². The molecule has 2 heteroatoms. The van der Waals surface area contributed by atoms with Gasteiger partial charge in [-0.2, -0.15) is 0 Å². The Hall–Kier alpha value is -2.35. The molecule has 21 heavy (non-hydrogen) atoms. The summed E-state index contributed by atoms with van der Waals surface area (Å²) in [5, 5.41) is 1.20. The number of nitrogens with zero attached hydrogens (tertiary/aromatic N) is 1. The van der Waals surface area contributed by atoms with Gasteiger partial charge in [0.05, 0.1) is 5.52 Å². The number of aromatic nitrogens is 1. The second-order valence-electron chi connectivity index (χ2n) is 5.14. The van der Waals surface area contributed by atoms with Gasteiger partial charge in [0, 0.05) is 17.1 Å². The minimum atomic E-state index is 0.601. The smallest absolute Gasteiger partial charge is 0.123 e. The van der Waals surface area contributed by atoms with Crippen LogP contribution in [0.3, 0.4) is 0 Å². The highest BCUT2D eigenvalue weighted by Gasteiger charge is 2.09. The quantitative estimate of drug-likeness (QED) is 0.670. The van der Waals surface area contributed by atoms with E-state index in [2.05, 4.69) is 30.1 Å². The molecule has 0 spiro atoms. The first-order valence-electron chi connectivity index (χ1n) is 7.42. The highest BCUT2D eigenvalue weighted by Crippen LogP contribution is 2.28. The van der Waals surface area contributed by atoms with Crippen LogP contribution in [-0.2, 0) is 13.0 Å². The molecule has 0 amide bonds. The second-order valence-corrected chi connectivity index (χ2v) is 5.14. The standard InChI is InChI=1S/C19H19NO/c1-2-7-17-16-10-6-13-20-18(16)11-12-19(17)21-14-15-8-4-3-5-9-15/h3-6,8-13H,2,7,14H2,1H3. The van der Waals surface area contributed by atoms with Gasteiger partial charge in [0.2, 0.25) is 0 Å². The molecule has 0 atom stereocenters. The van der Waals surface area contributed by atoms with E-state index in [0.29, 0.717) is 6.61 Å². The van der Waals surface area contributed by atoms with Gasteiger partial charge in [-0.15, -0.1) is 0 Å². The molecule has 0 aliphatic heterocycles. The first-order chi connectivity index (χ1) is 10.4. The lowest BCUT2D eigenvalue weighted by Crippen LogP contribution is -1.99. The topological polar surface area (TPSA) is 22.1 Å². The van der Waals surface area contributed by atoms with Gasteiger partial charge in [-0.05, 0) is 30.2 Å². The Kier molecular flexibility index (Phi) is 4.15. The summed E-state index contributed by atoms with van der Waals surface area (Å²) in [4.78, 5) is 4.43. The Morgan fingerprint density at radius 3 is 2.62 bits per heavy atom. The van der Waals surface area contributed by atoms with Gasteiger partial charge >= 0.3 is 0 Å². The molecule has 0 fully saturated rings. The van der Waals surface area contributed by atoms with Crippen molar-refractivity contribution in [2.75, 3.05) is 0 Å². The summed E-state index contributed by atoms with van der Waals surface area (Å²) >= 11 is 0. The predicted octanol–water partition coefficient (Wildman–Crippen LogP) is 4.77. The average Bonchev–Trinajstić information content (AvgIpc) is 2.55. The van der Waals surface area contributed by atoms with Gasteiger partial charge in [-0.1, -0.05) is 49.7 Å². The zero-order chi connectivity index (χ0) is 14.5. The molecule has 0 N–H and O–H groups in total. The Labute approximate surface area is 125 Å². The first-order valence-corrected chi connectivity index (χ1v) is 7.42. The third-order valence-corrected chi connectivity index (χ3v) is 3.59. The number of hydrogen-bond donors (Lipinski definition) is 0. The Morgan fingerprint density at radius 1 is 0.952 bits per heavy atom. The van der Waals surface area contributed by atoms with Crippen LogP contribution in [0.2, 0.25) is 0 Å². The molecule has 2 aromatic carbocycles. The van der Waals surface area contributed by atoms with Crippen LogP contribution < -0.4 is 4.74 Å². The van der Waals surface area contributed by atoms with E-state index in [1.54, 1.807) is 0 Å². The molecule has 3 aromatic rings. The third-order valence-electron chi connectivity index (χ3n) is 3.59. The van der Waals surface area contributed by atoms with Gasteiger partial charge in [-0.25, -0.2) is 0 Å². The van der Waals surface area contributed by atoms with E-state index < -0.39 is 0 Å². The lowest BCUT2D eigenvalue weighted by molar-refractivity contribution is 0.303. The van der Waals surface area contributed by atoms with Crippen molar-refractivity contribution in [1.29, 1.82) is 0 Å². The zero-order valence-corrected chi connectivity index (χ0v) is 12.3. The molecular weight excluding hydrogens is 258 g/mol. The minimum Gasteiger partial charge on any atom is -0.489 e. The molecule has 0 aliphatic rings. The van der Waals surface area contributed by atoms with Crippen molar-refractivity contribution in [3.63, 3.8) is 0 Å². The predicted molar refractivity (Wildman–Crippen MR) is 86.5 cm³/mol. The molecular formula is C19H19NO. The number of pyridine rings is 1. The summed E-state index contributed by atoms with van der Waals surface area (Å²) in [5.74, 6) is 0.973. The fourth-order valence-corrected chi connectivity index (χ4v) is 2.57. The van der Waals surface area contributed by atoms with E-state index in [9.17, 15) is 0 Å². The first kappa shape index (κ1) is 13.6. The average molecular weight is 277 g/mol. The largest absolute Gasteiger partial charge is 0.489 e. The van der Waals surface area contributed by atoms with E-state index >= 15 is 0 Å². The van der Waals surface area contributed by atoms with Crippen molar-refractivity contribution in [2.45, 2.75) is 26.4 Å².